The first-order valence-electron chi connectivity index (χ1n) is 11.8. The largest absolute Gasteiger partial charge is 0.508 e. The summed E-state index contributed by atoms with van der Waals surface area (Å²) in [6.07, 6.45) is 0.0623. The number of benzene rings is 3. The van der Waals surface area contributed by atoms with Crippen LogP contribution in [0.1, 0.15) is 34.6 Å². The summed E-state index contributed by atoms with van der Waals surface area (Å²) in [4.78, 5) is 40.2. The molecule has 2 heterocycles. The Kier molecular flexibility index (Phi) is 6.65. The molecule has 5 rings (SSSR count). The van der Waals surface area contributed by atoms with E-state index in [1.54, 1.807) is 61.5 Å². The minimum absolute atomic E-state index is 0.00295. The lowest BCUT2D eigenvalue weighted by atomic mass is 9.94. The fourth-order valence-corrected chi connectivity index (χ4v) is 4.67. The molecule has 0 aliphatic carbocycles. The molecule has 1 atom stereocenters. The number of halogens is 1. The van der Waals surface area contributed by atoms with Gasteiger partial charge in [-0.25, -0.2) is 0 Å². The number of rotatable bonds is 7. The molecule has 2 N–H and O–H groups in total. The van der Waals surface area contributed by atoms with E-state index >= 15 is 0 Å². The maximum atomic E-state index is 13.7. The summed E-state index contributed by atoms with van der Waals surface area (Å²) >= 11 is 6.06. The van der Waals surface area contributed by atoms with E-state index in [0.717, 1.165) is 0 Å². The van der Waals surface area contributed by atoms with Crippen molar-refractivity contribution in [2.24, 2.45) is 0 Å². The number of furan rings is 1. The average Bonchev–Trinajstić information content (AvgIpc) is 3.43. The van der Waals surface area contributed by atoms with Gasteiger partial charge in [0.05, 0.1) is 24.6 Å². The zero-order chi connectivity index (χ0) is 27.0. The van der Waals surface area contributed by atoms with Gasteiger partial charge in [-0.05, 0) is 66.6 Å². The van der Waals surface area contributed by atoms with Crippen LogP contribution in [0.3, 0.4) is 0 Å². The second-order valence-corrected chi connectivity index (χ2v) is 9.14. The average molecular weight is 532 g/mol. The quantitative estimate of drug-likeness (QED) is 0.233. The first kappa shape index (κ1) is 25.1. The van der Waals surface area contributed by atoms with E-state index < -0.39 is 23.5 Å². The van der Waals surface area contributed by atoms with Crippen LogP contribution in [0.25, 0.3) is 11.0 Å². The van der Waals surface area contributed by atoms with Crippen molar-refractivity contribution in [3.05, 3.63) is 106 Å². The molecule has 3 aromatic carbocycles. The van der Waals surface area contributed by atoms with Crippen LogP contribution in [-0.4, -0.2) is 34.5 Å². The molecule has 0 bridgehead atoms. The van der Waals surface area contributed by atoms with Gasteiger partial charge in [-0.15, -0.1) is 0 Å². The van der Waals surface area contributed by atoms with Crippen LogP contribution in [0.2, 0.25) is 5.02 Å². The molecule has 0 saturated carbocycles. The van der Waals surface area contributed by atoms with Crippen molar-refractivity contribution in [1.29, 1.82) is 0 Å². The molecule has 1 aliphatic heterocycles. The smallest absolute Gasteiger partial charge is 0.310 e. The highest BCUT2D eigenvalue weighted by atomic mass is 35.5. The van der Waals surface area contributed by atoms with E-state index in [2.05, 4.69) is 0 Å². The van der Waals surface area contributed by atoms with Crippen molar-refractivity contribution in [2.45, 2.75) is 19.4 Å². The second-order valence-electron chi connectivity index (χ2n) is 8.70. The number of nitrogens with zero attached hydrogens (tertiary/aromatic N) is 1. The molecule has 4 aromatic rings. The van der Waals surface area contributed by atoms with E-state index in [-0.39, 0.29) is 36.1 Å². The van der Waals surface area contributed by atoms with Crippen molar-refractivity contribution < 1.29 is 33.8 Å². The summed E-state index contributed by atoms with van der Waals surface area (Å²) in [6, 6.07) is 18.0. The van der Waals surface area contributed by atoms with Gasteiger partial charge < -0.3 is 19.4 Å². The van der Waals surface area contributed by atoms with Crippen LogP contribution in [0.4, 0.5) is 5.69 Å². The molecule has 1 aromatic heterocycles. The first-order chi connectivity index (χ1) is 18.3. The third-order valence-electron chi connectivity index (χ3n) is 6.23. The number of fused-ring (bicyclic) bond motifs is 1. The Morgan fingerprint density at radius 3 is 2.39 bits per heavy atom. The minimum atomic E-state index is -1.01. The van der Waals surface area contributed by atoms with Crippen molar-refractivity contribution >= 4 is 45.9 Å². The third-order valence-corrected chi connectivity index (χ3v) is 6.47. The first-order valence-corrected chi connectivity index (χ1v) is 12.2. The topological polar surface area (TPSA) is 117 Å². The predicted molar refractivity (Wildman–Crippen MR) is 140 cm³/mol. The fraction of sp³-hybridized carbons (Fsp3) is 0.138. The summed E-state index contributed by atoms with van der Waals surface area (Å²) in [5.41, 5.74) is 1.82. The van der Waals surface area contributed by atoms with Gasteiger partial charge >= 0.3 is 5.97 Å². The summed E-state index contributed by atoms with van der Waals surface area (Å²) in [5.74, 6) is -2.58. The van der Waals surface area contributed by atoms with E-state index in [0.29, 0.717) is 32.8 Å². The molecule has 9 heteroatoms. The standard InChI is InChI=1S/C29H22ClNO7/c1-2-37-24(33)13-16-3-8-20(9-4-16)31-26(17-5-10-21(32)11-6-17)25(28(35)29(31)36)27(34)23-15-18-14-19(30)7-12-22(18)38-23/h3-12,14-15,26,32,35H,2,13H2,1H3. The van der Waals surface area contributed by atoms with Crippen LogP contribution in [0, 0.1) is 0 Å². The van der Waals surface area contributed by atoms with Crippen LogP contribution in [0.15, 0.2) is 88.5 Å². The number of esters is 1. The number of phenolic OH excluding ortho intramolecular Hbond substituents is 1. The highest BCUT2D eigenvalue weighted by Crippen LogP contribution is 2.42. The van der Waals surface area contributed by atoms with Gasteiger partial charge in [0, 0.05) is 16.1 Å². The Labute approximate surface area is 222 Å². The molecular formula is C29H22ClNO7. The number of aliphatic hydroxyl groups is 1. The van der Waals surface area contributed by atoms with Crippen LogP contribution in [-0.2, 0) is 20.7 Å². The predicted octanol–water partition coefficient (Wildman–Crippen LogP) is 5.68. The third kappa shape index (κ3) is 4.62. The fourth-order valence-electron chi connectivity index (χ4n) is 4.49. The lowest BCUT2D eigenvalue weighted by Crippen LogP contribution is -2.31. The molecule has 1 amide bonds. The molecule has 1 aliphatic rings. The van der Waals surface area contributed by atoms with Crippen molar-refractivity contribution in [2.75, 3.05) is 11.5 Å². The monoisotopic (exact) mass is 531 g/mol. The van der Waals surface area contributed by atoms with Gasteiger partial charge in [0.1, 0.15) is 11.3 Å². The van der Waals surface area contributed by atoms with E-state index in [9.17, 15) is 24.6 Å². The van der Waals surface area contributed by atoms with Gasteiger partial charge in [0.25, 0.3) is 5.91 Å². The molecule has 0 spiro atoms. The van der Waals surface area contributed by atoms with Gasteiger partial charge in [0.2, 0.25) is 5.78 Å². The number of carbonyl (C=O) groups is 3. The number of aliphatic hydroxyl groups excluding tert-OH is 1. The van der Waals surface area contributed by atoms with Crippen molar-refractivity contribution in [3.63, 3.8) is 0 Å². The Hall–Kier alpha value is -4.56. The Morgan fingerprint density at radius 1 is 1.00 bits per heavy atom. The summed E-state index contributed by atoms with van der Waals surface area (Å²) in [6.45, 7) is 2.00. The van der Waals surface area contributed by atoms with Gasteiger partial charge in [-0.1, -0.05) is 35.9 Å². The number of hydrogen-bond donors (Lipinski definition) is 2. The normalized spacial score (nSPS) is 15.4. The molecule has 38 heavy (non-hydrogen) atoms. The van der Waals surface area contributed by atoms with Gasteiger partial charge in [0.15, 0.2) is 11.5 Å². The molecule has 0 saturated heterocycles. The number of phenols is 1. The molecule has 1 unspecified atom stereocenters. The Morgan fingerprint density at radius 2 is 1.71 bits per heavy atom. The van der Waals surface area contributed by atoms with Crippen LogP contribution in [0.5, 0.6) is 5.75 Å². The maximum Gasteiger partial charge on any atom is 0.310 e. The lowest BCUT2D eigenvalue weighted by Gasteiger charge is -2.27. The van der Waals surface area contributed by atoms with Crippen LogP contribution < -0.4 is 4.90 Å². The van der Waals surface area contributed by atoms with E-state index in [1.165, 1.54) is 23.1 Å². The SMILES string of the molecule is CCOC(=O)Cc1ccc(N2C(=O)C(O)=C(C(=O)c3cc4cc(Cl)ccc4o3)C2c2ccc(O)cc2)cc1. The number of hydrogen-bond acceptors (Lipinski definition) is 7. The summed E-state index contributed by atoms with van der Waals surface area (Å²) in [7, 11) is 0. The molecule has 0 fully saturated rings. The van der Waals surface area contributed by atoms with Gasteiger partial charge in [-0.3, -0.25) is 19.3 Å². The highest BCUT2D eigenvalue weighted by molar-refractivity contribution is 6.31. The second kappa shape index (κ2) is 10.1. The molecule has 0 radical (unpaired) electrons. The van der Waals surface area contributed by atoms with E-state index in [4.69, 9.17) is 20.8 Å². The summed E-state index contributed by atoms with van der Waals surface area (Å²) in [5, 5.41) is 21.8. The Bertz CT molecular complexity index is 1590. The number of anilines is 1. The molecular weight excluding hydrogens is 510 g/mol. The Balaban J connectivity index is 1.56. The molecule has 192 valence electrons. The summed E-state index contributed by atoms with van der Waals surface area (Å²) < 4.78 is 10.7. The highest BCUT2D eigenvalue weighted by Gasteiger charge is 2.45. The number of Topliss-reactive ketones (excluding diaryl/α,β-unsaturated/α-hetero) is 1. The van der Waals surface area contributed by atoms with Gasteiger partial charge in [-0.2, -0.15) is 0 Å². The zero-order valence-corrected chi connectivity index (χ0v) is 20.9. The van der Waals surface area contributed by atoms with Crippen molar-refractivity contribution in [3.8, 4) is 5.75 Å². The number of carbonyl (C=O) groups excluding carboxylic acids is 3. The van der Waals surface area contributed by atoms with Crippen molar-refractivity contribution in [1.82, 2.24) is 0 Å². The van der Waals surface area contributed by atoms with Crippen LogP contribution >= 0.6 is 11.6 Å². The number of ketones is 1. The number of aromatic hydroxyl groups is 1. The minimum Gasteiger partial charge on any atom is -0.508 e. The maximum absolute atomic E-state index is 13.7. The number of ether oxygens (including phenoxy) is 1. The molecule has 8 nitrogen and oxygen atoms in total. The zero-order valence-electron chi connectivity index (χ0n) is 20.2. The van der Waals surface area contributed by atoms with E-state index in [1.807, 2.05) is 0 Å². The lowest BCUT2D eigenvalue weighted by molar-refractivity contribution is -0.142. The number of amides is 1.